The first-order valence-electron chi connectivity index (χ1n) is 8.73. The summed E-state index contributed by atoms with van der Waals surface area (Å²) in [5.74, 6) is 0.226. The molecule has 0 radical (unpaired) electrons. The second-order valence-corrected chi connectivity index (χ2v) is 7.13. The predicted octanol–water partition coefficient (Wildman–Crippen LogP) is 1.71. The number of likely N-dealkylation sites (N-methyl/N-ethyl adjacent to an activating group) is 1. The van der Waals surface area contributed by atoms with Gasteiger partial charge >= 0.3 is 0 Å². The number of ether oxygens (including phenoxy) is 1. The highest BCUT2D eigenvalue weighted by atomic mass is 16.5. The molecule has 3 aliphatic rings. The van der Waals surface area contributed by atoms with Crippen LogP contribution in [0.1, 0.15) is 51.9 Å². The molecule has 5 nitrogen and oxygen atoms in total. The van der Waals surface area contributed by atoms with Crippen LogP contribution in [0.15, 0.2) is 0 Å². The van der Waals surface area contributed by atoms with Gasteiger partial charge in [-0.3, -0.25) is 9.59 Å². The van der Waals surface area contributed by atoms with Crippen LogP contribution in [0.3, 0.4) is 0 Å². The highest BCUT2D eigenvalue weighted by Gasteiger charge is 2.58. The number of carbonyl (C=O) groups excluding carboxylic acids is 2. The normalized spacial score (nSPS) is 29.2. The first-order chi connectivity index (χ1) is 10.6. The fourth-order valence-electron chi connectivity index (χ4n) is 4.34. The van der Waals surface area contributed by atoms with Crippen molar-refractivity contribution in [2.75, 3.05) is 20.2 Å². The molecule has 3 rings (SSSR count). The maximum atomic E-state index is 12.4. The Morgan fingerprint density at radius 3 is 2.55 bits per heavy atom. The van der Waals surface area contributed by atoms with Crippen LogP contribution in [0.5, 0.6) is 0 Å². The summed E-state index contributed by atoms with van der Waals surface area (Å²) in [6.45, 7) is 2.92. The van der Waals surface area contributed by atoms with Crippen molar-refractivity contribution in [2.45, 2.75) is 64.0 Å². The quantitative estimate of drug-likeness (QED) is 0.812. The summed E-state index contributed by atoms with van der Waals surface area (Å²) in [4.78, 5) is 25.9. The molecule has 0 aromatic rings. The lowest BCUT2D eigenvalue weighted by molar-refractivity contribution is -0.172. The Labute approximate surface area is 132 Å². The van der Waals surface area contributed by atoms with Crippen molar-refractivity contribution in [3.63, 3.8) is 0 Å². The number of nitrogens with zero attached hydrogens (tertiary/aromatic N) is 1. The second-order valence-electron chi connectivity index (χ2n) is 7.13. The van der Waals surface area contributed by atoms with Crippen LogP contribution in [0.2, 0.25) is 0 Å². The molecule has 0 bridgehead atoms. The fourth-order valence-corrected chi connectivity index (χ4v) is 4.34. The number of hydrogen-bond acceptors (Lipinski definition) is 3. The van der Waals surface area contributed by atoms with Gasteiger partial charge in [-0.25, -0.2) is 0 Å². The zero-order valence-electron chi connectivity index (χ0n) is 13.8. The first kappa shape index (κ1) is 15.8. The third kappa shape index (κ3) is 2.75. The molecule has 0 aromatic carbocycles. The van der Waals surface area contributed by atoms with Crippen LogP contribution in [0, 0.1) is 11.3 Å². The van der Waals surface area contributed by atoms with Gasteiger partial charge in [0.15, 0.2) is 0 Å². The largest absolute Gasteiger partial charge is 0.378 e. The van der Waals surface area contributed by atoms with Crippen molar-refractivity contribution < 1.29 is 14.3 Å². The molecule has 1 spiro atoms. The molecule has 22 heavy (non-hydrogen) atoms. The number of amides is 2. The summed E-state index contributed by atoms with van der Waals surface area (Å²) in [6, 6.07) is 0.275. The van der Waals surface area contributed by atoms with E-state index in [1.165, 1.54) is 12.8 Å². The van der Waals surface area contributed by atoms with Gasteiger partial charge in [0.25, 0.3) is 0 Å². The molecule has 0 saturated heterocycles. The van der Waals surface area contributed by atoms with Crippen LogP contribution in [-0.4, -0.2) is 49.1 Å². The molecule has 0 heterocycles. The van der Waals surface area contributed by atoms with Crippen molar-refractivity contribution in [2.24, 2.45) is 11.3 Å². The van der Waals surface area contributed by atoms with Crippen LogP contribution in [0.4, 0.5) is 0 Å². The highest BCUT2D eigenvalue weighted by molar-refractivity contribution is 5.87. The van der Waals surface area contributed by atoms with Crippen molar-refractivity contribution >= 4 is 11.8 Å². The van der Waals surface area contributed by atoms with Crippen LogP contribution in [0.25, 0.3) is 0 Å². The lowest BCUT2D eigenvalue weighted by Crippen LogP contribution is -2.64. The standard InChI is InChI=1S/C17H28N2O3/c1-3-22-14-10-13(17(14)8-4-5-9-17)19(2)15(20)11-18-16(21)12-6-7-12/h12-14H,3-11H2,1-2H3,(H,18,21)/t13-,14+/m1/s1. The lowest BCUT2D eigenvalue weighted by atomic mass is 9.60. The van der Waals surface area contributed by atoms with Gasteiger partial charge in [-0.1, -0.05) is 12.8 Å². The molecule has 0 unspecified atom stereocenters. The number of carbonyl (C=O) groups is 2. The maximum Gasteiger partial charge on any atom is 0.241 e. The fraction of sp³-hybridized carbons (Fsp3) is 0.882. The Kier molecular flexibility index (Phi) is 4.44. The van der Waals surface area contributed by atoms with Gasteiger partial charge < -0.3 is 15.0 Å². The first-order valence-corrected chi connectivity index (χ1v) is 8.73. The highest BCUT2D eigenvalue weighted by Crippen LogP contribution is 2.56. The monoisotopic (exact) mass is 308 g/mol. The SMILES string of the molecule is CCO[C@H]1C[C@@H](N(C)C(=O)CNC(=O)C2CC2)C12CCCC2. The average Bonchev–Trinajstić information content (AvgIpc) is 3.23. The van der Waals surface area contributed by atoms with Crippen LogP contribution >= 0.6 is 0 Å². The molecule has 3 saturated carbocycles. The molecular weight excluding hydrogens is 280 g/mol. The molecule has 3 aliphatic carbocycles. The van der Waals surface area contributed by atoms with E-state index in [4.69, 9.17) is 4.74 Å². The third-order valence-electron chi connectivity index (χ3n) is 5.87. The number of nitrogens with one attached hydrogen (secondary N) is 1. The van der Waals surface area contributed by atoms with Crippen LogP contribution in [-0.2, 0) is 14.3 Å². The molecular formula is C17H28N2O3. The van der Waals surface area contributed by atoms with Crippen LogP contribution < -0.4 is 5.32 Å². The lowest BCUT2D eigenvalue weighted by Gasteiger charge is -2.57. The molecule has 1 N–H and O–H groups in total. The zero-order chi connectivity index (χ0) is 15.7. The molecule has 0 aromatic heterocycles. The third-order valence-corrected chi connectivity index (χ3v) is 5.87. The van der Waals surface area contributed by atoms with E-state index in [1.54, 1.807) is 0 Å². The molecule has 2 atom stereocenters. The van der Waals surface area contributed by atoms with E-state index in [2.05, 4.69) is 5.32 Å². The van der Waals surface area contributed by atoms with E-state index in [-0.39, 0.29) is 35.7 Å². The predicted molar refractivity (Wildman–Crippen MR) is 83.2 cm³/mol. The summed E-state index contributed by atoms with van der Waals surface area (Å²) in [5, 5.41) is 2.78. The summed E-state index contributed by atoms with van der Waals surface area (Å²) >= 11 is 0. The molecule has 5 heteroatoms. The topological polar surface area (TPSA) is 58.6 Å². The van der Waals surface area contributed by atoms with E-state index < -0.39 is 0 Å². The summed E-state index contributed by atoms with van der Waals surface area (Å²) < 4.78 is 5.91. The Balaban J connectivity index is 1.55. The summed E-state index contributed by atoms with van der Waals surface area (Å²) in [5.41, 5.74) is 0.168. The Hall–Kier alpha value is -1.10. The van der Waals surface area contributed by atoms with Gasteiger partial charge in [0.05, 0.1) is 12.6 Å². The molecule has 2 amide bonds. The minimum absolute atomic E-state index is 0.0280. The minimum atomic E-state index is 0.0280. The molecule has 124 valence electrons. The van der Waals surface area contributed by atoms with Gasteiger partial charge in [0.2, 0.25) is 11.8 Å². The van der Waals surface area contributed by atoms with Gasteiger partial charge in [-0.15, -0.1) is 0 Å². The van der Waals surface area contributed by atoms with E-state index in [1.807, 2.05) is 18.9 Å². The van der Waals surface area contributed by atoms with E-state index in [9.17, 15) is 9.59 Å². The Morgan fingerprint density at radius 2 is 1.95 bits per heavy atom. The Bertz CT molecular complexity index is 441. The summed E-state index contributed by atoms with van der Waals surface area (Å²) in [7, 11) is 1.89. The van der Waals surface area contributed by atoms with Gasteiger partial charge in [0, 0.05) is 31.0 Å². The van der Waals surface area contributed by atoms with Crippen molar-refractivity contribution in [1.29, 1.82) is 0 Å². The maximum absolute atomic E-state index is 12.4. The van der Waals surface area contributed by atoms with E-state index >= 15 is 0 Å². The van der Waals surface area contributed by atoms with Gasteiger partial charge in [-0.2, -0.15) is 0 Å². The zero-order valence-corrected chi connectivity index (χ0v) is 13.8. The number of rotatable bonds is 6. The molecule has 0 aliphatic heterocycles. The van der Waals surface area contributed by atoms with Gasteiger partial charge in [-0.05, 0) is 39.0 Å². The van der Waals surface area contributed by atoms with E-state index in [0.717, 1.165) is 38.7 Å². The average molecular weight is 308 g/mol. The van der Waals surface area contributed by atoms with Crippen molar-refractivity contribution in [1.82, 2.24) is 10.2 Å². The van der Waals surface area contributed by atoms with Crippen molar-refractivity contribution in [3.8, 4) is 0 Å². The minimum Gasteiger partial charge on any atom is -0.378 e. The summed E-state index contributed by atoms with van der Waals surface area (Å²) in [6.07, 6.45) is 7.98. The van der Waals surface area contributed by atoms with E-state index in [0.29, 0.717) is 6.10 Å². The van der Waals surface area contributed by atoms with Crippen molar-refractivity contribution in [3.05, 3.63) is 0 Å². The smallest absolute Gasteiger partial charge is 0.241 e. The second kappa shape index (κ2) is 6.19. The number of hydrogen-bond donors (Lipinski definition) is 1. The van der Waals surface area contributed by atoms with Gasteiger partial charge in [0.1, 0.15) is 0 Å². The molecule has 3 fully saturated rings. The Morgan fingerprint density at radius 1 is 1.27 bits per heavy atom.